The van der Waals surface area contributed by atoms with E-state index >= 15 is 0 Å². The minimum absolute atomic E-state index is 0.165. The Morgan fingerprint density at radius 2 is 1.96 bits per heavy atom. The van der Waals surface area contributed by atoms with Gasteiger partial charge in [-0.15, -0.1) is 0 Å². The number of hydrogen-bond acceptors (Lipinski definition) is 4. The first kappa shape index (κ1) is 19.0. The van der Waals surface area contributed by atoms with Crippen molar-refractivity contribution in [2.45, 2.75) is 33.7 Å². The lowest BCUT2D eigenvalue weighted by molar-refractivity contribution is 0.0775. The van der Waals surface area contributed by atoms with Crippen LogP contribution < -0.4 is 4.74 Å². The number of aromatic nitrogens is 4. The Bertz CT molecular complexity index is 934. The average Bonchev–Trinajstić information content (AvgIpc) is 3.31. The average molecular weight is 388 g/mol. The summed E-state index contributed by atoms with van der Waals surface area (Å²) in [6, 6.07) is 9.04. The molecule has 142 valence electrons. The third kappa shape index (κ3) is 4.68. The van der Waals surface area contributed by atoms with Crippen LogP contribution in [0.4, 0.5) is 0 Å². The van der Waals surface area contributed by atoms with Crippen LogP contribution in [0, 0.1) is 6.92 Å². The summed E-state index contributed by atoms with van der Waals surface area (Å²) in [6.07, 6.45) is 3.62. The lowest BCUT2D eigenvalue weighted by atomic mass is 10.2. The fourth-order valence-electron chi connectivity index (χ4n) is 2.57. The highest BCUT2D eigenvalue weighted by molar-refractivity contribution is 6.31. The molecule has 0 unspecified atom stereocenters. The van der Waals surface area contributed by atoms with Crippen molar-refractivity contribution in [1.82, 2.24) is 24.5 Å². The molecule has 0 radical (unpaired) electrons. The molecule has 0 atom stereocenters. The molecule has 1 aromatic carbocycles. The molecule has 0 saturated heterocycles. The number of ether oxygens (including phenoxy) is 1. The van der Waals surface area contributed by atoms with Crippen LogP contribution in [-0.2, 0) is 19.8 Å². The van der Waals surface area contributed by atoms with E-state index in [1.54, 1.807) is 41.0 Å². The van der Waals surface area contributed by atoms with Crippen LogP contribution in [0.2, 0.25) is 5.02 Å². The van der Waals surface area contributed by atoms with Gasteiger partial charge in [-0.1, -0.05) is 11.6 Å². The predicted molar refractivity (Wildman–Crippen MR) is 103 cm³/mol. The van der Waals surface area contributed by atoms with E-state index in [1.165, 1.54) is 0 Å². The highest BCUT2D eigenvalue weighted by Gasteiger charge is 2.16. The second kappa shape index (κ2) is 8.26. The Labute approximate surface area is 163 Å². The van der Waals surface area contributed by atoms with E-state index in [0.29, 0.717) is 23.0 Å². The van der Waals surface area contributed by atoms with Crippen molar-refractivity contribution >= 4 is 17.5 Å². The molecule has 7 nitrogen and oxygen atoms in total. The summed E-state index contributed by atoms with van der Waals surface area (Å²) in [5.74, 6) is 0.533. The van der Waals surface area contributed by atoms with Crippen LogP contribution in [-0.4, -0.2) is 37.4 Å². The Hall–Kier alpha value is -2.80. The number of nitrogens with zero attached hydrogens (tertiary/aromatic N) is 5. The van der Waals surface area contributed by atoms with Gasteiger partial charge in [-0.3, -0.25) is 9.48 Å². The first-order valence-electron chi connectivity index (χ1n) is 8.66. The zero-order valence-electron chi connectivity index (χ0n) is 15.6. The molecule has 0 aliphatic heterocycles. The van der Waals surface area contributed by atoms with E-state index < -0.39 is 0 Å². The molecule has 2 aromatic heterocycles. The number of halogens is 1. The molecule has 0 spiro atoms. The van der Waals surface area contributed by atoms with Crippen LogP contribution in [0.1, 0.15) is 28.7 Å². The zero-order valence-corrected chi connectivity index (χ0v) is 16.3. The quantitative estimate of drug-likeness (QED) is 0.623. The van der Waals surface area contributed by atoms with Crippen molar-refractivity contribution in [3.63, 3.8) is 0 Å². The Balaban J connectivity index is 1.58. The summed E-state index contributed by atoms with van der Waals surface area (Å²) >= 11 is 6.01. The lowest BCUT2D eigenvalue weighted by Gasteiger charge is -2.14. The van der Waals surface area contributed by atoms with E-state index in [0.717, 1.165) is 17.8 Å². The van der Waals surface area contributed by atoms with Crippen LogP contribution in [0.15, 0.2) is 42.7 Å². The van der Waals surface area contributed by atoms with Gasteiger partial charge in [0.25, 0.3) is 5.91 Å². The summed E-state index contributed by atoms with van der Waals surface area (Å²) in [7, 11) is 1.74. The van der Waals surface area contributed by atoms with Crippen molar-refractivity contribution in [3.05, 3.63) is 64.7 Å². The van der Waals surface area contributed by atoms with E-state index in [1.807, 2.05) is 36.9 Å². The number of carbonyl (C=O) groups is 1. The van der Waals surface area contributed by atoms with Crippen molar-refractivity contribution in [2.24, 2.45) is 0 Å². The van der Waals surface area contributed by atoms with Gasteiger partial charge in [0, 0.05) is 31.0 Å². The van der Waals surface area contributed by atoms with Crippen LogP contribution in [0.3, 0.4) is 0 Å². The van der Waals surface area contributed by atoms with Gasteiger partial charge in [-0.2, -0.15) is 10.2 Å². The van der Waals surface area contributed by atoms with Crippen molar-refractivity contribution in [3.8, 4) is 5.75 Å². The minimum atomic E-state index is -0.165. The van der Waals surface area contributed by atoms with Gasteiger partial charge in [-0.05, 0) is 49.7 Å². The third-order valence-corrected chi connectivity index (χ3v) is 4.54. The van der Waals surface area contributed by atoms with Gasteiger partial charge in [0.15, 0.2) is 12.4 Å². The molecule has 0 fully saturated rings. The number of benzene rings is 1. The van der Waals surface area contributed by atoms with Gasteiger partial charge in [0.1, 0.15) is 5.75 Å². The Kier molecular flexibility index (Phi) is 5.81. The second-order valence-electron chi connectivity index (χ2n) is 6.25. The SMILES string of the molecule is CCn1ccc(CN(C)C(=O)c2ccn(COc3ccc(Cl)c(C)c3)n2)n1. The van der Waals surface area contributed by atoms with Crippen LogP contribution >= 0.6 is 11.6 Å². The fourth-order valence-corrected chi connectivity index (χ4v) is 2.69. The van der Waals surface area contributed by atoms with Crippen LogP contribution in [0.25, 0.3) is 0 Å². The van der Waals surface area contributed by atoms with Crippen LogP contribution in [0.5, 0.6) is 5.75 Å². The number of hydrogen-bond donors (Lipinski definition) is 0. The maximum absolute atomic E-state index is 12.6. The summed E-state index contributed by atoms with van der Waals surface area (Å²) < 4.78 is 9.11. The third-order valence-electron chi connectivity index (χ3n) is 4.12. The summed E-state index contributed by atoms with van der Waals surface area (Å²) in [5, 5.41) is 9.39. The highest BCUT2D eigenvalue weighted by Crippen LogP contribution is 2.21. The van der Waals surface area contributed by atoms with E-state index in [2.05, 4.69) is 10.2 Å². The molecule has 27 heavy (non-hydrogen) atoms. The van der Waals surface area contributed by atoms with Crippen molar-refractivity contribution in [1.29, 1.82) is 0 Å². The Morgan fingerprint density at radius 3 is 2.67 bits per heavy atom. The molecule has 0 aliphatic carbocycles. The predicted octanol–water partition coefficient (Wildman–Crippen LogP) is 3.37. The van der Waals surface area contributed by atoms with Gasteiger partial charge in [-0.25, -0.2) is 4.68 Å². The maximum atomic E-state index is 12.6. The zero-order chi connectivity index (χ0) is 19.4. The number of amides is 1. The molecule has 0 bridgehead atoms. The van der Waals surface area contributed by atoms with Crippen molar-refractivity contribution < 1.29 is 9.53 Å². The molecule has 8 heteroatoms. The van der Waals surface area contributed by atoms with E-state index in [4.69, 9.17) is 16.3 Å². The number of rotatable bonds is 7. The standard InChI is InChI=1S/C19H22ClN5O2/c1-4-24-9-7-15(21-24)12-23(3)19(26)18-8-10-25(22-18)13-27-16-5-6-17(20)14(2)11-16/h5-11H,4,12-13H2,1-3H3. The first-order chi connectivity index (χ1) is 13.0. The van der Waals surface area contributed by atoms with Gasteiger partial charge >= 0.3 is 0 Å². The molecule has 1 amide bonds. The van der Waals surface area contributed by atoms with Gasteiger partial charge in [0.05, 0.1) is 12.2 Å². The summed E-state index contributed by atoms with van der Waals surface area (Å²) in [5.41, 5.74) is 2.15. The fraction of sp³-hybridized carbons (Fsp3) is 0.316. The molecule has 0 saturated carbocycles. The van der Waals surface area contributed by atoms with Gasteiger partial charge in [0.2, 0.25) is 0 Å². The second-order valence-corrected chi connectivity index (χ2v) is 6.66. The smallest absolute Gasteiger partial charge is 0.274 e. The summed E-state index contributed by atoms with van der Waals surface area (Å²) in [6.45, 7) is 5.37. The Morgan fingerprint density at radius 1 is 1.19 bits per heavy atom. The molecule has 3 aromatic rings. The molecular formula is C19H22ClN5O2. The first-order valence-corrected chi connectivity index (χ1v) is 9.04. The molecule has 0 aliphatic rings. The molecule has 2 heterocycles. The summed E-state index contributed by atoms with van der Waals surface area (Å²) in [4.78, 5) is 14.2. The monoisotopic (exact) mass is 387 g/mol. The lowest BCUT2D eigenvalue weighted by Crippen LogP contribution is -2.27. The minimum Gasteiger partial charge on any atom is -0.471 e. The molecule has 0 N–H and O–H groups in total. The normalized spacial score (nSPS) is 10.8. The molecular weight excluding hydrogens is 366 g/mol. The van der Waals surface area contributed by atoms with E-state index in [-0.39, 0.29) is 12.6 Å². The number of carbonyl (C=O) groups excluding carboxylic acids is 1. The molecule has 3 rings (SSSR count). The highest BCUT2D eigenvalue weighted by atomic mass is 35.5. The van der Waals surface area contributed by atoms with E-state index in [9.17, 15) is 4.79 Å². The van der Waals surface area contributed by atoms with Gasteiger partial charge < -0.3 is 9.64 Å². The largest absolute Gasteiger partial charge is 0.471 e. The number of aryl methyl sites for hydroxylation is 2. The maximum Gasteiger partial charge on any atom is 0.274 e. The topological polar surface area (TPSA) is 65.2 Å². The van der Waals surface area contributed by atoms with Crippen molar-refractivity contribution in [2.75, 3.05) is 7.05 Å².